The van der Waals surface area contributed by atoms with Crippen LogP contribution in [0.15, 0.2) is 12.2 Å². The number of imide groups is 1. The molecular formula is C16H26N2O5. The molecule has 0 bridgehead atoms. The van der Waals surface area contributed by atoms with Gasteiger partial charge in [-0.15, -0.1) is 0 Å². The maximum atomic E-state index is 11.6. The fourth-order valence-electron chi connectivity index (χ4n) is 1.75. The van der Waals surface area contributed by atoms with Crippen LogP contribution < -0.4 is 5.32 Å². The van der Waals surface area contributed by atoms with Crippen LogP contribution in [0.1, 0.15) is 27.2 Å². The maximum Gasteiger partial charge on any atom is 0.254 e. The Kier molecular flexibility index (Phi) is 7.91. The zero-order valence-electron chi connectivity index (χ0n) is 14.1. The first-order chi connectivity index (χ1) is 10.8. The van der Waals surface area contributed by atoms with Crippen molar-refractivity contribution in [3.8, 4) is 0 Å². The molecule has 23 heavy (non-hydrogen) atoms. The Hall–Kier alpha value is -1.73. The Bertz CT molecular complexity index is 436. The van der Waals surface area contributed by atoms with Crippen molar-refractivity contribution in [2.24, 2.45) is 5.41 Å². The molecule has 0 aromatic heterocycles. The van der Waals surface area contributed by atoms with Crippen LogP contribution in [0.3, 0.4) is 0 Å². The second-order valence-corrected chi connectivity index (χ2v) is 6.48. The predicted molar refractivity (Wildman–Crippen MR) is 84.6 cm³/mol. The second-order valence-electron chi connectivity index (χ2n) is 6.48. The van der Waals surface area contributed by atoms with Crippen molar-refractivity contribution in [2.45, 2.75) is 27.2 Å². The van der Waals surface area contributed by atoms with Gasteiger partial charge in [0.25, 0.3) is 11.8 Å². The fraction of sp³-hybridized carbons (Fsp3) is 0.688. The first kappa shape index (κ1) is 19.3. The number of rotatable bonds is 10. The van der Waals surface area contributed by atoms with E-state index in [1.807, 2.05) is 0 Å². The van der Waals surface area contributed by atoms with Gasteiger partial charge < -0.3 is 14.8 Å². The topological polar surface area (TPSA) is 84.9 Å². The van der Waals surface area contributed by atoms with Crippen molar-refractivity contribution in [1.29, 1.82) is 0 Å². The van der Waals surface area contributed by atoms with Crippen LogP contribution in [-0.4, -0.2) is 62.1 Å². The van der Waals surface area contributed by atoms with Crippen molar-refractivity contribution in [3.05, 3.63) is 12.2 Å². The van der Waals surface area contributed by atoms with E-state index in [2.05, 4.69) is 26.1 Å². The number of ether oxygens (including phenoxy) is 2. The van der Waals surface area contributed by atoms with Gasteiger partial charge in [0.15, 0.2) is 0 Å². The Morgan fingerprint density at radius 1 is 1.04 bits per heavy atom. The molecular weight excluding hydrogens is 300 g/mol. The van der Waals surface area contributed by atoms with E-state index >= 15 is 0 Å². The van der Waals surface area contributed by atoms with Crippen LogP contribution in [0.5, 0.6) is 0 Å². The summed E-state index contributed by atoms with van der Waals surface area (Å²) in [5.41, 5.74) is 0.263. The first-order valence-corrected chi connectivity index (χ1v) is 7.75. The van der Waals surface area contributed by atoms with Gasteiger partial charge in [0.2, 0.25) is 5.91 Å². The smallest absolute Gasteiger partial charge is 0.254 e. The number of hydrogen-bond acceptors (Lipinski definition) is 5. The number of nitrogens with zero attached hydrogens (tertiary/aromatic N) is 1. The SMILES string of the molecule is CC(C)(C)CCOCCOCCNC(=O)CN1C(=O)C=CC1=O. The molecule has 7 heteroatoms. The third-order valence-electron chi connectivity index (χ3n) is 3.14. The zero-order chi connectivity index (χ0) is 17.3. The van der Waals surface area contributed by atoms with E-state index in [0.29, 0.717) is 33.0 Å². The number of carbonyl (C=O) groups is 3. The average Bonchev–Trinajstić information content (AvgIpc) is 2.76. The minimum atomic E-state index is -0.464. The van der Waals surface area contributed by atoms with Gasteiger partial charge in [-0.25, -0.2) is 0 Å². The summed E-state index contributed by atoms with van der Waals surface area (Å²) in [6, 6.07) is 0. The van der Waals surface area contributed by atoms with Crippen LogP contribution in [0, 0.1) is 5.41 Å². The molecule has 0 radical (unpaired) electrons. The van der Waals surface area contributed by atoms with Crippen LogP contribution in [0.4, 0.5) is 0 Å². The molecule has 1 aliphatic rings. The molecule has 0 unspecified atom stereocenters. The monoisotopic (exact) mass is 326 g/mol. The fourth-order valence-corrected chi connectivity index (χ4v) is 1.75. The number of amides is 3. The molecule has 130 valence electrons. The molecule has 0 aliphatic carbocycles. The second kappa shape index (κ2) is 9.42. The largest absolute Gasteiger partial charge is 0.379 e. The quantitative estimate of drug-likeness (QED) is 0.467. The minimum Gasteiger partial charge on any atom is -0.379 e. The van der Waals surface area contributed by atoms with Crippen LogP contribution >= 0.6 is 0 Å². The summed E-state index contributed by atoms with van der Waals surface area (Å²) in [5.74, 6) is -1.32. The van der Waals surface area contributed by atoms with Crippen molar-refractivity contribution < 1.29 is 23.9 Å². The van der Waals surface area contributed by atoms with Crippen molar-refractivity contribution in [3.63, 3.8) is 0 Å². The van der Waals surface area contributed by atoms with E-state index in [1.54, 1.807) is 0 Å². The van der Waals surface area contributed by atoms with E-state index in [4.69, 9.17) is 9.47 Å². The highest BCUT2D eigenvalue weighted by Crippen LogP contribution is 2.17. The average molecular weight is 326 g/mol. The summed E-state index contributed by atoms with van der Waals surface area (Å²) in [6.07, 6.45) is 3.29. The molecule has 0 aromatic rings. The van der Waals surface area contributed by atoms with E-state index in [0.717, 1.165) is 23.5 Å². The summed E-state index contributed by atoms with van der Waals surface area (Å²) in [6.45, 7) is 8.59. The van der Waals surface area contributed by atoms with E-state index in [9.17, 15) is 14.4 Å². The summed E-state index contributed by atoms with van der Waals surface area (Å²) >= 11 is 0. The lowest BCUT2D eigenvalue weighted by Crippen LogP contribution is -2.41. The zero-order valence-corrected chi connectivity index (χ0v) is 14.1. The van der Waals surface area contributed by atoms with E-state index < -0.39 is 11.8 Å². The standard InChI is InChI=1S/C16H26N2O5/c1-16(2,3)6-8-22-10-11-23-9-7-17-13(19)12-18-14(20)4-5-15(18)21/h4-5H,6-12H2,1-3H3,(H,17,19). The minimum absolute atomic E-state index is 0.263. The number of nitrogens with one attached hydrogen (secondary N) is 1. The molecule has 1 aliphatic heterocycles. The lowest BCUT2D eigenvalue weighted by atomic mass is 9.93. The van der Waals surface area contributed by atoms with Crippen molar-refractivity contribution in [2.75, 3.05) is 39.5 Å². The van der Waals surface area contributed by atoms with E-state index in [1.165, 1.54) is 0 Å². The summed E-state index contributed by atoms with van der Waals surface area (Å²) in [4.78, 5) is 35.0. The lowest BCUT2D eigenvalue weighted by molar-refractivity contribution is -0.141. The third kappa shape index (κ3) is 8.47. The number of hydrogen-bond donors (Lipinski definition) is 1. The highest BCUT2D eigenvalue weighted by molar-refractivity contribution is 6.14. The number of carbonyl (C=O) groups excluding carboxylic acids is 3. The third-order valence-corrected chi connectivity index (χ3v) is 3.14. The van der Waals surface area contributed by atoms with Crippen LogP contribution in [-0.2, 0) is 23.9 Å². The predicted octanol–water partition coefficient (Wildman–Crippen LogP) is 0.497. The normalized spacial score (nSPS) is 14.7. The molecule has 1 N–H and O–H groups in total. The Morgan fingerprint density at radius 3 is 2.17 bits per heavy atom. The molecule has 0 fully saturated rings. The van der Waals surface area contributed by atoms with Crippen molar-refractivity contribution >= 4 is 17.7 Å². The van der Waals surface area contributed by atoms with Gasteiger partial charge in [-0.2, -0.15) is 0 Å². The lowest BCUT2D eigenvalue weighted by Gasteiger charge is -2.17. The molecule has 3 amide bonds. The van der Waals surface area contributed by atoms with Gasteiger partial charge in [0.1, 0.15) is 6.54 Å². The van der Waals surface area contributed by atoms with Crippen LogP contribution in [0.25, 0.3) is 0 Å². The van der Waals surface area contributed by atoms with Gasteiger partial charge in [-0.3, -0.25) is 19.3 Å². The molecule has 0 aromatic carbocycles. The molecule has 1 heterocycles. The van der Waals surface area contributed by atoms with Gasteiger partial charge in [-0.05, 0) is 11.8 Å². The molecule has 0 saturated heterocycles. The summed E-state index contributed by atoms with van der Waals surface area (Å²) in [7, 11) is 0. The summed E-state index contributed by atoms with van der Waals surface area (Å²) in [5, 5.41) is 2.59. The molecule has 0 spiro atoms. The van der Waals surface area contributed by atoms with Gasteiger partial charge in [-0.1, -0.05) is 20.8 Å². The highest BCUT2D eigenvalue weighted by Gasteiger charge is 2.25. The Labute approximate surface area is 137 Å². The molecule has 7 nitrogen and oxygen atoms in total. The Balaban J connectivity index is 1.96. The summed E-state index contributed by atoms with van der Waals surface area (Å²) < 4.78 is 10.8. The highest BCUT2D eigenvalue weighted by atomic mass is 16.5. The van der Waals surface area contributed by atoms with Crippen molar-refractivity contribution in [1.82, 2.24) is 10.2 Å². The van der Waals surface area contributed by atoms with Gasteiger partial charge >= 0.3 is 0 Å². The van der Waals surface area contributed by atoms with Crippen LogP contribution in [0.2, 0.25) is 0 Å². The molecule has 0 atom stereocenters. The Morgan fingerprint density at radius 2 is 1.61 bits per heavy atom. The van der Waals surface area contributed by atoms with Gasteiger partial charge in [0.05, 0.1) is 19.8 Å². The molecule has 1 rings (SSSR count). The maximum absolute atomic E-state index is 11.6. The van der Waals surface area contributed by atoms with Gasteiger partial charge in [0, 0.05) is 25.3 Å². The first-order valence-electron chi connectivity index (χ1n) is 7.75. The van der Waals surface area contributed by atoms with E-state index in [-0.39, 0.29) is 17.9 Å². The molecule has 0 saturated carbocycles.